The van der Waals surface area contributed by atoms with E-state index < -0.39 is 0 Å². The van der Waals surface area contributed by atoms with Gasteiger partial charge in [0.1, 0.15) is 0 Å². The van der Waals surface area contributed by atoms with Crippen molar-refractivity contribution in [3.63, 3.8) is 0 Å². The van der Waals surface area contributed by atoms with Crippen LogP contribution < -0.4 is 5.32 Å². The number of hydrogen-bond acceptors (Lipinski definition) is 2. The van der Waals surface area contributed by atoms with Crippen molar-refractivity contribution in [1.82, 2.24) is 10.2 Å². The zero-order chi connectivity index (χ0) is 10.5. The molecule has 1 heterocycles. The summed E-state index contributed by atoms with van der Waals surface area (Å²) >= 11 is 0. The molecule has 1 N–H and O–H groups in total. The predicted octanol–water partition coefficient (Wildman–Crippen LogP) is 2.25. The summed E-state index contributed by atoms with van der Waals surface area (Å²) in [5, 5.41) is 3.62. The molecule has 2 aliphatic rings. The molecule has 1 aliphatic carbocycles. The van der Waals surface area contributed by atoms with Gasteiger partial charge in [0.15, 0.2) is 0 Å². The molecule has 1 unspecified atom stereocenters. The van der Waals surface area contributed by atoms with Crippen LogP contribution in [0.15, 0.2) is 0 Å². The van der Waals surface area contributed by atoms with Crippen LogP contribution in [-0.4, -0.2) is 37.1 Å². The Labute approximate surface area is 94.4 Å². The summed E-state index contributed by atoms with van der Waals surface area (Å²) in [6.45, 7) is 7.49. The smallest absolute Gasteiger partial charge is 0.00965 e. The van der Waals surface area contributed by atoms with Crippen molar-refractivity contribution in [2.24, 2.45) is 5.92 Å². The first-order valence-corrected chi connectivity index (χ1v) is 6.85. The Hall–Kier alpha value is -0.0800. The van der Waals surface area contributed by atoms with Crippen LogP contribution in [0.3, 0.4) is 0 Å². The minimum absolute atomic E-state index is 0.937. The Balaban J connectivity index is 1.49. The van der Waals surface area contributed by atoms with Gasteiger partial charge in [-0.3, -0.25) is 0 Å². The molecule has 1 saturated carbocycles. The summed E-state index contributed by atoms with van der Waals surface area (Å²) in [6, 6.07) is 0.982. The van der Waals surface area contributed by atoms with E-state index in [2.05, 4.69) is 17.1 Å². The van der Waals surface area contributed by atoms with Crippen LogP contribution in [0.25, 0.3) is 0 Å². The SMILES string of the molecule is CCCCCNCC1CCN(C2CC2)C1. The largest absolute Gasteiger partial charge is 0.316 e. The molecule has 2 rings (SSSR count). The second kappa shape index (κ2) is 5.86. The zero-order valence-electron chi connectivity index (χ0n) is 10.2. The van der Waals surface area contributed by atoms with E-state index >= 15 is 0 Å². The van der Waals surface area contributed by atoms with E-state index in [1.54, 1.807) is 0 Å². The van der Waals surface area contributed by atoms with E-state index in [-0.39, 0.29) is 0 Å². The Bertz CT molecular complexity index is 177. The van der Waals surface area contributed by atoms with Crippen LogP contribution in [0, 0.1) is 5.92 Å². The third-order valence-electron chi connectivity index (χ3n) is 3.77. The standard InChI is InChI=1S/C13H26N2/c1-2-3-4-8-14-10-12-7-9-15(11-12)13-5-6-13/h12-14H,2-11H2,1H3. The second-order valence-corrected chi connectivity index (χ2v) is 5.29. The molecule has 2 nitrogen and oxygen atoms in total. The summed E-state index contributed by atoms with van der Waals surface area (Å²) in [7, 11) is 0. The first kappa shape index (κ1) is 11.4. The molecule has 88 valence electrons. The molecular weight excluding hydrogens is 184 g/mol. The minimum Gasteiger partial charge on any atom is -0.316 e. The van der Waals surface area contributed by atoms with E-state index in [1.165, 1.54) is 64.7 Å². The number of nitrogens with one attached hydrogen (secondary N) is 1. The number of hydrogen-bond donors (Lipinski definition) is 1. The molecule has 0 aromatic rings. The summed E-state index contributed by atoms with van der Waals surface area (Å²) in [5.41, 5.74) is 0. The second-order valence-electron chi connectivity index (χ2n) is 5.29. The van der Waals surface area contributed by atoms with Gasteiger partial charge in [-0.15, -0.1) is 0 Å². The van der Waals surface area contributed by atoms with Crippen LogP contribution in [0.1, 0.15) is 45.4 Å². The number of rotatable bonds is 7. The van der Waals surface area contributed by atoms with E-state index in [4.69, 9.17) is 0 Å². The molecule has 0 radical (unpaired) electrons. The molecule has 0 aromatic heterocycles. The van der Waals surface area contributed by atoms with Crippen molar-refractivity contribution >= 4 is 0 Å². The van der Waals surface area contributed by atoms with Gasteiger partial charge in [-0.25, -0.2) is 0 Å². The normalized spacial score (nSPS) is 27.4. The highest BCUT2D eigenvalue weighted by Crippen LogP contribution is 2.31. The van der Waals surface area contributed by atoms with Gasteiger partial charge in [0.2, 0.25) is 0 Å². The lowest BCUT2D eigenvalue weighted by Gasteiger charge is -2.15. The van der Waals surface area contributed by atoms with E-state index in [1.807, 2.05) is 0 Å². The van der Waals surface area contributed by atoms with Crippen LogP contribution in [0.2, 0.25) is 0 Å². The van der Waals surface area contributed by atoms with Gasteiger partial charge in [0, 0.05) is 12.6 Å². The maximum Gasteiger partial charge on any atom is 0.00965 e. The van der Waals surface area contributed by atoms with Crippen LogP contribution in [-0.2, 0) is 0 Å². The molecule has 2 fully saturated rings. The summed E-state index contributed by atoms with van der Waals surface area (Å²) < 4.78 is 0. The quantitative estimate of drug-likeness (QED) is 0.648. The molecule has 0 spiro atoms. The molecular formula is C13H26N2. The average molecular weight is 210 g/mol. The third kappa shape index (κ3) is 3.76. The predicted molar refractivity (Wildman–Crippen MR) is 65.1 cm³/mol. The molecule has 0 aromatic carbocycles. The first-order chi connectivity index (χ1) is 7.40. The minimum atomic E-state index is 0.937. The van der Waals surface area contributed by atoms with Gasteiger partial charge in [-0.05, 0) is 51.2 Å². The molecule has 1 saturated heterocycles. The van der Waals surface area contributed by atoms with Crippen molar-refractivity contribution in [3.8, 4) is 0 Å². The fraction of sp³-hybridized carbons (Fsp3) is 1.00. The summed E-state index contributed by atoms with van der Waals surface area (Å²) in [4.78, 5) is 2.71. The molecule has 15 heavy (non-hydrogen) atoms. The van der Waals surface area contributed by atoms with Crippen LogP contribution in [0.5, 0.6) is 0 Å². The van der Waals surface area contributed by atoms with Gasteiger partial charge in [0.25, 0.3) is 0 Å². The number of likely N-dealkylation sites (tertiary alicyclic amines) is 1. The highest BCUT2D eigenvalue weighted by atomic mass is 15.2. The maximum absolute atomic E-state index is 3.62. The third-order valence-corrected chi connectivity index (χ3v) is 3.77. The zero-order valence-corrected chi connectivity index (χ0v) is 10.2. The number of unbranched alkanes of at least 4 members (excludes halogenated alkanes) is 2. The van der Waals surface area contributed by atoms with E-state index in [9.17, 15) is 0 Å². The monoisotopic (exact) mass is 210 g/mol. The highest BCUT2D eigenvalue weighted by molar-refractivity contribution is 4.89. The van der Waals surface area contributed by atoms with Crippen molar-refractivity contribution in [2.45, 2.75) is 51.5 Å². The Morgan fingerprint density at radius 2 is 2.07 bits per heavy atom. The van der Waals surface area contributed by atoms with Gasteiger partial charge in [0.05, 0.1) is 0 Å². The lowest BCUT2D eigenvalue weighted by molar-refractivity contribution is 0.312. The summed E-state index contributed by atoms with van der Waals surface area (Å²) in [6.07, 6.45) is 8.44. The van der Waals surface area contributed by atoms with E-state index in [0.717, 1.165) is 12.0 Å². The topological polar surface area (TPSA) is 15.3 Å². The maximum atomic E-state index is 3.62. The molecule has 1 atom stereocenters. The fourth-order valence-corrected chi connectivity index (χ4v) is 2.61. The lowest BCUT2D eigenvalue weighted by Crippen LogP contribution is -2.28. The lowest BCUT2D eigenvalue weighted by atomic mass is 10.1. The Kier molecular flexibility index (Phi) is 4.45. The van der Waals surface area contributed by atoms with E-state index in [0.29, 0.717) is 0 Å². The van der Waals surface area contributed by atoms with Gasteiger partial charge in [-0.1, -0.05) is 19.8 Å². The molecule has 2 heteroatoms. The highest BCUT2D eigenvalue weighted by Gasteiger charge is 2.33. The van der Waals surface area contributed by atoms with Crippen LogP contribution in [0.4, 0.5) is 0 Å². The first-order valence-electron chi connectivity index (χ1n) is 6.85. The Morgan fingerprint density at radius 1 is 1.20 bits per heavy atom. The molecule has 0 bridgehead atoms. The van der Waals surface area contributed by atoms with Gasteiger partial charge < -0.3 is 10.2 Å². The number of nitrogens with zero attached hydrogens (tertiary/aromatic N) is 1. The van der Waals surface area contributed by atoms with Gasteiger partial charge in [-0.2, -0.15) is 0 Å². The molecule has 0 amide bonds. The van der Waals surface area contributed by atoms with Gasteiger partial charge >= 0.3 is 0 Å². The Morgan fingerprint density at radius 3 is 2.80 bits per heavy atom. The summed E-state index contributed by atoms with van der Waals surface area (Å²) in [5.74, 6) is 0.937. The molecule has 1 aliphatic heterocycles. The van der Waals surface area contributed by atoms with Crippen molar-refractivity contribution in [2.75, 3.05) is 26.2 Å². The fourth-order valence-electron chi connectivity index (χ4n) is 2.61. The van der Waals surface area contributed by atoms with Crippen molar-refractivity contribution < 1.29 is 0 Å². The van der Waals surface area contributed by atoms with Crippen molar-refractivity contribution in [1.29, 1.82) is 0 Å². The average Bonchev–Trinajstić information content (AvgIpc) is 2.99. The van der Waals surface area contributed by atoms with Crippen molar-refractivity contribution in [3.05, 3.63) is 0 Å². The van der Waals surface area contributed by atoms with Crippen LogP contribution >= 0.6 is 0 Å².